The smallest absolute Gasteiger partial charge is 0.417 e. The Morgan fingerprint density at radius 1 is 1.36 bits per heavy atom. The first-order valence-corrected chi connectivity index (χ1v) is 7.04. The van der Waals surface area contributed by atoms with Crippen molar-refractivity contribution in [1.29, 1.82) is 5.41 Å². The Balaban J connectivity index is 0.00000312. The molecule has 2 rings (SSSR count). The number of halogens is 4. The fourth-order valence-electron chi connectivity index (χ4n) is 2.20. The molecule has 1 amide bonds. The van der Waals surface area contributed by atoms with Crippen LogP contribution in [0.25, 0.3) is 10.9 Å². The molecule has 0 aliphatic heterocycles. The minimum absolute atomic E-state index is 0. The van der Waals surface area contributed by atoms with E-state index in [1.807, 2.05) is 0 Å². The molecule has 0 bridgehead atoms. The summed E-state index contributed by atoms with van der Waals surface area (Å²) in [6.07, 6.45) is -4.84. The molecule has 2 aromatic rings. The van der Waals surface area contributed by atoms with E-state index in [0.717, 1.165) is 17.0 Å². The quantitative estimate of drug-likeness (QED) is 0.564. The van der Waals surface area contributed by atoms with Gasteiger partial charge in [-0.1, -0.05) is 0 Å². The summed E-state index contributed by atoms with van der Waals surface area (Å²) in [6.45, 7) is 3.48. The van der Waals surface area contributed by atoms with E-state index in [2.05, 4.69) is 4.98 Å². The summed E-state index contributed by atoms with van der Waals surface area (Å²) in [6, 6.07) is 3.22. The molecule has 0 saturated carbocycles. The molecule has 1 aromatic carbocycles. The molecule has 6 nitrogen and oxygen atoms in total. The summed E-state index contributed by atoms with van der Waals surface area (Å²) < 4.78 is 45.1. The first-order chi connectivity index (χ1) is 11.0. The molecule has 10 heteroatoms. The minimum atomic E-state index is -4.58. The molecule has 0 aliphatic rings. The number of aromatic amines is 1. The van der Waals surface area contributed by atoms with Crippen molar-refractivity contribution < 1.29 is 22.7 Å². The van der Waals surface area contributed by atoms with Crippen LogP contribution in [0.2, 0.25) is 0 Å². The number of carbonyl (C=O) groups excluding carboxylic acids is 1. The molecule has 138 valence electrons. The number of aromatic nitrogens is 1. The van der Waals surface area contributed by atoms with Crippen molar-refractivity contribution in [3.05, 3.63) is 29.5 Å². The van der Waals surface area contributed by atoms with Gasteiger partial charge in [-0.3, -0.25) is 15.1 Å². The van der Waals surface area contributed by atoms with Crippen LogP contribution in [0.1, 0.15) is 29.9 Å². The monoisotopic (exact) mass is 378 g/mol. The fraction of sp³-hybridized carbons (Fsp3) is 0.333. The Morgan fingerprint density at radius 3 is 2.44 bits per heavy atom. The minimum Gasteiger partial charge on any atom is -0.489 e. The number of rotatable bonds is 3. The summed E-state index contributed by atoms with van der Waals surface area (Å²) in [5.41, 5.74) is 4.30. The van der Waals surface area contributed by atoms with E-state index in [-0.39, 0.29) is 40.9 Å². The highest BCUT2D eigenvalue weighted by molar-refractivity contribution is 6.06. The molecule has 0 unspecified atom stereocenters. The van der Waals surface area contributed by atoms with E-state index in [0.29, 0.717) is 0 Å². The third kappa shape index (κ3) is 4.16. The highest BCUT2D eigenvalue weighted by Gasteiger charge is 2.34. The van der Waals surface area contributed by atoms with Gasteiger partial charge in [0.15, 0.2) is 5.96 Å². The molecule has 4 N–H and O–H groups in total. The van der Waals surface area contributed by atoms with Crippen molar-refractivity contribution >= 4 is 35.2 Å². The number of carbonyl (C=O) groups is 1. The van der Waals surface area contributed by atoms with Crippen LogP contribution in [0, 0.1) is 5.41 Å². The van der Waals surface area contributed by atoms with Crippen LogP contribution in [0.3, 0.4) is 0 Å². The van der Waals surface area contributed by atoms with Crippen LogP contribution >= 0.6 is 12.4 Å². The molecule has 1 heterocycles. The lowest BCUT2D eigenvalue weighted by molar-refractivity contribution is -0.136. The molecule has 0 spiro atoms. The topological polar surface area (TPSA) is 95.2 Å². The van der Waals surface area contributed by atoms with E-state index in [9.17, 15) is 18.0 Å². The molecule has 0 atom stereocenters. The van der Waals surface area contributed by atoms with Crippen LogP contribution in [-0.4, -0.2) is 34.9 Å². The zero-order valence-corrected chi connectivity index (χ0v) is 14.5. The average molecular weight is 379 g/mol. The normalized spacial score (nSPS) is 11.3. The van der Waals surface area contributed by atoms with Crippen molar-refractivity contribution in [3.8, 4) is 5.75 Å². The second-order valence-electron chi connectivity index (χ2n) is 5.50. The van der Waals surface area contributed by atoms with Gasteiger partial charge in [-0.2, -0.15) is 13.2 Å². The lowest BCUT2D eigenvalue weighted by Gasteiger charge is -2.14. The second-order valence-corrected chi connectivity index (χ2v) is 5.50. The molecule has 1 aromatic heterocycles. The van der Waals surface area contributed by atoms with Crippen molar-refractivity contribution in [2.45, 2.75) is 26.1 Å². The number of nitrogens with two attached hydrogens (primary N) is 1. The van der Waals surface area contributed by atoms with Gasteiger partial charge in [-0.25, -0.2) is 0 Å². The number of hydrogen-bond acceptors (Lipinski definition) is 3. The summed E-state index contributed by atoms with van der Waals surface area (Å²) in [4.78, 5) is 15.7. The Hall–Kier alpha value is -2.42. The van der Waals surface area contributed by atoms with Gasteiger partial charge in [0.2, 0.25) is 0 Å². The first-order valence-electron chi connectivity index (χ1n) is 7.04. The van der Waals surface area contributed by atoms with Crippen LogP contribution in [0.4, 0.5) is 13.2 Å². The van der Waals surface area contributed by atoms with Crippen molar-refractivity contribution in [2.24, 2.45) is 5.73 Å². The van der Waals surface area contributed by atoms with Gasteiger partial charge in [0.1, 0.15) is 11.4 Å². The maximum Gasteiger partial charge on any atom is 0.417 e. The number of H-pyrrole nitrogens is 1. The van der Waals surface area contributed by atoms with Gasteiger partial charge in [0.05, 0.1) is 17.2 Å². The van der Waals surface area contributed by atoms with E-state index >= 15 is 0 Å². The number of nitrogens with one attached hydrogen (secondary N) is 2. The second kappa shape index (κ2) is 7.22. The molecule has 0 radical (unpaired) electrons. The number of nitrogens with zero attached hydrogens (tertiary/aromatic N) is 1. The Bertz CT molecular complexity index is 802. The first kappa shape index (κ1) is 20.6. The van der Waals surface area contributed by atoms with Crippen LogP contribution in [-0.2, 0) is 6.18 Å². The van der Waals surface area contributed by atoms with Gasteiger partial charge in [-0.05, 0) is 32.0 Å². The van der Waals surface area contributed by atoms with Gasteiger partial charge in [-0.15, -0.1) is 12.4 Å². The van der Waals surface area contributed by atoms with Crippen LogP contribution < -0.4 is 10.5 Å². The number of benzene rings is 1. The predicted octanol–water partition coefficient (Wildman–Crippen LogP) is 3.36. The third-order valence-corrected chi connectivity index (χ3v) is 3.32. The Morgan fingerprint density at radius 2 is 1.96 bits per heavy atom. The average Bonchev–Trinajstić information content (AvgIpc) is 2.89. The molecule has 0 aliphatic carbocycles. The predicted molar refractivity (Wildman–Crippen MR) is 90.3 cm³/mol. The summed E-state index contributed by atoms with van der Waals surface area (Å²) in [7, 11) is 1.26. The van der Waals surface area contributed by atoms with Crippen LogP contribution in [0.15, 0.2) is 18.2 Å². The Labute approximate surface area is 148 Å². The largest absolute Gasteiger partial charge is 0.489 e. The summed E-state index contributed by atoms with van der Waals surface area (Å²) in [5, 5.41) is 7.08. The molecule has 0 saturated heterocycles. The molecule has 25 heavy (non-hydrogen) atoms. The summed E-state index contributed by atoms with van der Waals surface area (Å²) >= 11 is 0. The fourth-order valence-corrected chi connectivity index (χ4v) is 2.20. The standard InChI is InChI=1S/C15H17F3N4O2.ClH/c1-7(2)24-11-5-4-9(15(16,17)18)8-6-10(21-12(8)11)13(23)22(3)14(19)20;/h4-7,21H,1-3H3,(H3,19,20);1H. The SMILES string of the molecule is CC(C)Oc1ccc(C(F)(F)F)c2cc(C(=O)N(C)C(=N)N)[nH]c12.Cl. The highest BCUT2D eigenvalue weighted by atomic mass is 35.5. The molecular weight excluding hydrogens is 361 g/mol. The van der Waals surface area contributed by atoms with E-state index in [4.69, 9.17) is 15.9 Å². The van der Waals surface area contributed by atoms with Crippen molar-refractivity contribution in [3.63, 3.8) is 0 Å². The summed E-state index contributed by atoms with van der Waals surface area (Å²) in [5.74, 6) is -1.03. The molecule has 0 fully saturated rings. The maximum atomic E-state index is 13.2. The lowest BCUT2D eigenvalue weighted by atomic mass is 10.1. The number of amides is 1. The highest BCUT2D eigenvalue weighted by Crippen LogP contribution is 2.38. The van der Waals surface area contributed by atoms with Gasteiger partial charge < -0.3 is 15.5 Å². The van der Waals surface area contributed by atoms with Crippen LogP contribution in [0.5, 0.6) is 5.75 Å². The maximum absolute atomic E-state index is 13.2. The number of fused-ring (bicyclic) bond motifs is 1. The van der Waals surface area contributed by atoms with Crippen molar-refractivity contribution in [1.82, 2.24) is 9.88 Å². The van der Waals surface area contributed by atoms with Crippen molar-refractivity contribution in [2.75, 3.05) is 7.05 Å². The molecular formula is C15H18ClF3N4O2. The number of ether oxygens (including phenoxy) is 1. The van der Waals surface area contributed by atoms with E-state index in [1.54, 1.807) is 13.8 Å². The number of guanidine groups is 1. The number of hydrogen-bond donors (Lipinski definition) is 3. The lowest BCUT2D eigenvalue weighted by Crippen LogP contribution is -2.38. The van der Waals surface area contributed by atoms with Gasteiger partial charge >= 0.3 is 6.18 Å². The Kier molecular flexibility index (Phi) is 5.96. The zero-order chi connectivity index (χ0) is 18.2. The third-order valence-electron chi connectivity index (χ3n) is 3.32. The van der Waals surface area contributed by atoms with Gasteiger partial charge in [0.25, 0.3) is 5.91 Å². The van der Waals surface area contributed by atoms with E-state index in [1.165, 1.54) is 13.1 Å². The van der Waals surface area contributed by atoms with E-state index < -0.39 is 23.6 Å². The zero-order valence-electron chi connectivity index (χ0n) is 13.7. The van der Waals surface area contributed by atoms with Gasteiger partial charge in [0, 0.05) is 12.4 Å². The number of alkyl halides is 3.